The lowest BCUT2D eigenvalue weighted by Crippen LogP contribution is -2.07. The van der Waals surface area contributed by atoms with Gasteiger partial charge in [-0.25, -0.2) is 4.79 Å². The van der Waals surface area contributed by atoms with Gasteiger partial charge in [0.15, 0.2) is 5.82 Å². The lowest BCUT2D eigenvalue weighted by atomic mass is 10.3. The van der Waals surface area contributed by atoms with Gasteiger partial charge in [0.1, 0.15) is 12.1 Å². The Kier molecular flexibility index (Phi) is 2.43. The van der Waals surface area contributed by atoms with E-state index in [-0.39, 0.29) is 5.56 Å². The Hall–Kier alpha value is -2.18. The van der Waals surface area contributed by atoms with E-state index in [0.29, 0.717) is 24.0 Å². The number of aryl methyl sites for hydroxylation is 1. The van der Waals surface area contributed by atoms with Gasteiger partial charge in [-0.05, 0) is 6.92 Å². The lowest BCUT2D eigenvalue weighted by molar-refractivity contribution is 0.0696. The third-order valence-corrected chi connectivity index (χ3v) is 2.19. The Bertz CT molecular complexity index is 529. The van der Waals surface area contributed by atoms with Gasteiger partial charge in [0.05, 0.1) is 11.9 Å². The maximum atomic E-state index is 10.8. The van der Waals surface area contributed by atoms with Gasteiger partial charge in [0.25, 0.3) is 0 Å². The van der Waals surface area contributed by atoms with Crippen LogP contribution in [0.4, 0.5) is 0 Å². The fraction of sp³-hybridized carbons (Fsp3) is 0.333. The summed E-state index contributed by atoms with van der Waals surface area (Å²) in [6.45, 7) is 3.68. The van der Waals surface area contributed by atoms with Gasteiger partial charge in [0.2, 0.25) is 5.89 Å². The van der Waals surface area contributed by atoms with E-state index in [9.17, 15) is 4.79 Å². The predicted octanol–water partition coefficient (Wildman–Crippen LogP) is 0.629. The molecule has 0 aliphatic heterocycles. The summed E-state index contributed by atoms with van der Waals surface area (Å²) in [5, 5.41) is 16.5. The highest BCUT2D eigenvalue weighted by molar-refractivity contribution is 5.88. The minimum absolute atomic E-state index is 0.181. The van der Waals surface area contributed by atoms with E-state index in [0.717, 1.165) is 0 Å². The minimum atomic E-state index is -0.993. The summed E-state index contributed by atoms with van der Waals surface area (Å²) in [4.78, 5) is 14.8. The van der Waals surface area contributed by atoms with Crippen LogP contribution in [0.1, 0.15) is 27.8 Å². The van der Waals surface area contributed by atoms with Crippen LogP contribution >= 0.6 is 0 Å². The van der Waals surface area contributed by atoms with E-state index in [2.05, 4.69) is 15.2 Å². The normalized spacial score (nSPS) is 10.6. The molecule has 84 valence electrons. The molecule has 0 fully saturated rings. The standard InChI is InChI=1S/C9H10N4O3/c1-5-7(9(14)15)3-10-13(5)4-8-11-6(2)16-12-8/h3H,4H2,1-2H3,(H,14,15). The number of nitrogens with zero attached hydrogens (tertiary/aromatic N) is 4. The van der Waals surface area contributed by atoms with Crippen LogP contribution in [-0.2, 0) is 6.54 Å². The number of carboxylic acid groups (broad SMARTS) is 1. The third-order valence-electron chi connectivity index (χ3n) is 2.19. The molecule has 2 heterocycles. The van der Waals surface area contributed by atoms with Crippen molar-refractivity contribution < 1.29 is 14.4 Å². The molecule has 16 heavy (non-hydrogen) atoms. The molecule has 0 amide bonds. The summed E-state index contributed by atoms with van der Waals surface area (Å²) in [7, 11) is 0. The molecule has 2 rings (SSSR count). The third kappa shape index (κ3) is 1.79. The molecular formula is C9H10N4O3. The zero-order valence-corrected chi connectivity index (χ0v) is 8.84. The second-order valence-corrected chi connectivity index (χ2v) is 3.34. The van der Waals surface area contributed by atoms with Gasteiger partial charge in [-0.15, -0.1) is 0 Å². The number of hydrogen-bond acceptors (Lipinski definition) is 5. The maximum Gasteiger partial charge on any atom is 0.339 e. The zero-order valence-electron chi connectivity index (χ0n) is 8.84. The molecule has 0 aliphatic carbocycles. The minimum Gasteiger partial charge on any atom is -0.478 e. The highest BCUT2D eigenvalue weighted by Gasteiger charge is 2.14. The molecule has 0 unspecified atom stereocenters. The van der Waals surface area contributed by atoms with E-state index in [1.807, 2.05) is 0 Å². The first-order chi connectivity index (χ1) is 7.58. The molecular weight excluding hydrogens is 212 g/mol. The monoisotopic (exact) mass is 222 g/mol. The molecule has 0 spiro atoms. The zero-order chi connectivity index (χ0) is 11.7. The Balaban J connectivity index is 2.25. The molecule has 7 heteroatoms. The Morgan fingerprint density at radius 3 is 2.81 bits per heavy atom. The molecule has 2 aromatic rings. The molecule has 0 radical (unpaired) electrons. The molecule has 0 aliphatic rings. The van der Waals surface area contributed by atoms with Crippen molar-refractivity contribution in [1.82, 2.24) is 19.9 Å². The number of rotatable bonds is 3. The molecule has 0 saturated heterocycles. The average Bonchev–Trinajstić information content (AvgIpc) is 2.76. The van der Waals surface area contributed by atoms with Crippen LogP contribution in [0.2, 0.25) is 0 Å². The lowest BCUT2D eigenvalue weighted by Gasteiger charge is -1.99. The summed E-state index contributed by atoms with van der Waals surface area (Å²) >= 11 is 0. The Morgan fingerprint density at radius 1 is 1.56 bits per heavy atom. The van der Waals surface area contributed by atoms with Crippen LogP contribution in [0.5, 0.6) is 0 Å². The first-order valence-electron chi connectivity index (χ1n) is 4.63. The summed E-state index contributed by atoms with van der Waals surface area (Å²) in [6.07, 6.45) is 1.31. The first-order valence-corrected chi connectivity index (χ1v) is 4.63. The fourth-order valence-corrected chi connectivity index (χ4v) is 1.36. The summed E-state index contributed by atoms with van der Waals surface area (Å²) < 4.78 is 6.33. The van der Waals surface area contributed by atoms with Gasteiger partial charge in [-0.1, -0.05) is 5.16 Å². The second kappa shape index (κ2) is 3.76. The van der Waals surface area contributed by atoms with Gasteiger partial charge < -0.3 is 9.63 Å². The molecule has 2 aromatic heterocycles. The van der Waals surface area contributed by atoms with Crippen molar-refractivity contribution in [1.29, 1.82) is 0 Å². The van der Waals surface area contributed by atoms with E-state index in [1.165, 1.54) is 10.9 Å². The maximum absolute atomic E-state index is 10.8. The molecule has 7 nitrogen and oxygen atoms in total. The Morgan fingerprint density at radius 2 is 2.31 bits per heavy atom. The number of aromatic carboxylic acids is 1. The summed E-state index contributed by atoms with van der Waals surface area (Å²) in [5.41, 5.74) is 0.746. The number of carbonyl (C=O) groups is 1. The van der Waals surface area contributed by atoms with Crippen molar-refractivity contribution in [2.75, 3.05) is 0 Å². The van der Waals surface area contributed by atoms with Gasteiger partial charge in [0, 0.05) is 6.92 Å². The summed E-state index contributed by atoms with van der Waals surface area (Å²) in [6, 6.07) is 0. The molecule has 1 N–H and O–H groups in total. The van der Waals surface area contributed by atoms with Crippen LogP contribution < -0.4 is 0 Å². The van der Waals surface area contributed by atoms with Crippen molar-refractivity contribution in [3.8, 4) is 0 Å². The van der Waals surface area contributed by atoms with Gasteiger partial charge in [-0.3, -0.25) is 4.68 Å². The van der Waals surface area contributed by atoms with Crippen LogP contribution in [0.3, 0.4) is 0 Å². The van der Waals surface area contributed by atoms with E-state index in [1.54, 1.807) is 13.8 Å². The van der Waals surface area contributed by atoms with E-state index >= 15 is 0 Å². The predicted molar refractivity (Wildman–Crippen MR) is 52.1 cm³/mol. The first kappa shape index (κ1) is 10.3. The van der Waals surface area contributed by atoms with Crippen LogP contribution in [-0.4, -0.2) is 31.0 Å². The van der Waals surface area contributed by atoms with Crippen molar-refractivity contribution in [2.45, 2.75) is 20.4 Å². The quantitative estimate of drug-likeness (QED) is 0.818. The van der Waals surface area contributed by atoms with Crippen LogP contribution in [0, 0.1) is 13.8 Å². The van der Waals surface area contributed by atoms with Crippen molar-refractivity contribution >= 4 is 5.97 Å². The number of carboxylic acids is 1. The van der Waals surface area contributed by atoms with Gasteiger partial charge in [-0.2, -0.15) is 10.1 Å². The second-order valence-electron chi connectivity index (χ2n) is 3.34. The largest absolute Gasteiger partial charge is 0.478 e. The highest BCUT2D eigenvalue weighted by atomic mass is 16.5. The smallest absolute Gasteiger partial charge is 0.339 e. The summed E-state index contributed by atoms with van der Waals surface area (Å²) in [5.74, 6) is -0.0491. The molecule has 0 aromatic carbocycles. The molecule has 0 saturated carbocycles. The molecule has 0 bridgehead atoms. The number of aromatic nitrogens is 4. The van der Waals surface area contributed by atoms with Crippen molar-refractivity contribution in [3.63, 3.8) is 0 Å². The van der Waals surface area contributed by atoms with Gasteiger partial charge >= 0.3 is 5.97 Å². The topological polar surface area (TPSA) is 94.0 Å². The average molecular weight is 222 g/mol. The van der Waals surface area contributed by atoms with E-state index < -0.39 is 5.97 Å². The van der Waals surface area contributed by atoms with Crippen molar-refractivity contribution in [3.05, 3.63) is 29.2 Å². The Labute approximate surface area is 90.7 Å². The van der Waals surface area contributed by atoms with E-state index in [4.69, 9.17) is 9.63 Å². The van der Waals surface area contributed by atoms with Crippen LogP contribution in [0.25, 0.3) is 0 Å². The molecule has 0 atom stereocenters. The SMILES string of the molecule is Cc1nc(Cn2ncc(C(=O)O)c2C)no1. The van der Waals surface area contributed by atoms with Crippen LogP contribution in [0.15, 0.2) is 10.7 Å². The number of hydrogen-bond donors (Lipinski definition) is 1. The van der Waals surface area contributed by atoms with Crippen molar-refractivity contribution in [2.24, 2.45) is 0 Å². The fourth-order valence-electron chi connectivity index (χ4n) is 1.36. The highest BCUT2D eigenvalue weighted by Crippen LogP contribution is 2.08.